The Bertz CT molecular complexity index is 731. The van der Waals surface area contributed by atoms with Crippen molar-refractivity contribution in [3.8, 4) is 0 Å². The fourth-order valence-corrected chi connectivity index (χ4v) is 2.32. The number of hydrogen-bond acceptors (Lipinski definition) is 2. The summed E-state index contributed by atoms with van der Waals surface area (Å²) in [5.74, 6) is 0. The molecular formula is C14H15ClN2O2. The van der Waals surface area contributed by atoms with E-state index in [9.17, 15) is 9.59 Å². The van der Waals surface area contributed by atoms with E-state index in [-0.39, 0.29) is 16.8 Å². The maximum absolute atomic E-state index is 12.2. The Balaban J connectivity index is 2.67. The van der Waals surface area contributed by atoms with Crippen LogP contribution in [0.3, 0.4) is 0 Å². The van der Waals surface area contributed by atoms with E-state index >= 15 is 0 Å². The van der Waals surface area contributed by atoms with E-state index < -0.39 is 5.69 Å². The number of rotatable bonds is 2. The Morgan fingerprint density at radius 1 is 1.21 bits per heavy atom. The third-order valence-corrected chi connectivity index (χ3v) is 3.71. The first-order valence-electron chi connectivity index (χ1n) is 6.00. The molecule has 0 aliphatic heterocycles. The molecule has 0 spiro atoms. The van der Waals surface area contributed by atoms with Crippen LogP contribution in [0.4, 0.5) is 0 Å². The predicted octanol–water partition coefficient (Wildman–Crippen LogP) is 2.42. The van der Waals surface area contributed by atoms with Gasteiger partial charge in [-0.2, -0.15) is 0 Å². The fourth-order valence-electron chi connectivity index (χ4n) is 2.16. The van der Waals surface area contributed by atoms with E-state index in [0.717, 1.165) is 11.1 Å². The summed E-state index contributed by atoms with van der Waals surface area (Å²) in [7, 11) is 0. The van der Waals surface area contributed by atoms with Crippen LogP contribution in [0.1, 0.15) is 29.7 Å². The number of halogens is 1. The van der Waals surface area contributed by atoms with Crippen LogP contribution in [0.15, 0.2) is 33.9 Å². The number of nitrogens with zero attached hydrogens (tertiary/aromatic N) is 1. The second kappa shape index (κ2) is 5.05. The number of H-pyrrole nitrogens is 1. The SMILES string of the molecule is Cc1ccccc1C(C)n1c(=O)[nH]c(Cl)c(C)c1=O. The largest absolute Gasteiger partial charge is 0.330 e. The Morgan fingerprint density at radius 3 is 2.47 bits per heavy atom. The first kappa shape index (κ1) is 13.6. The van der Waals surface area contributed by atoms with Crippen molar-refractivity contribution in [2.75, 3.05) is 0 Å². The van der Waals surface area contributed by atoms with Crippen molar-refractivity contribution < 1.29 is 0 Å². The highest BCUT2D eigenvalue weighted by molar-refractivity contribution is 6.30. The highest BCUT2D eigenvalue weighted by Gasteiger charge is 2.17. The molecule has 1 unspecified atom stereocenters. The summed E-state index contributed by atoms with van der Waals surface area (Å²) in [5, 5.41) is 0.100. The molecule has 100 valence electrons. The number of hydrogen-bond donors (Lipinski definition) is 1. The van der Waals surface area contributed by atoms with Gasteiger partial charge in [0.25, 0.3) is 5.56 Å². The minimum atomic E-state index is -0.489. The van der Waals surface area contributed by atoms with Gasteiger partial charge in [0.2, 0.25) is 0 Å². The van der Waals surface area contributed by atoms with Crippen LogP contribution >= 0.6 is 11.6 Å². The van der Waals surface area contributed by atoms with Crippen LogP contribution in [-0.4, -0.2) is 9.55 Å². The van der Waals surface area contributed by atoms with Crippen LogP contribution in [-0.2, 0) is 0 Å². The lowest BCUT2D eigenvalue weighted by atomic mass is 10.0. The molecule has 1 atom stereocenters. The average Bonchev–Trinajstić information content (AvgIpc) is 2.36. The summed E-state index contributed by atoms with van der Waals surface area (Å²) in [5.41, 5.74) is 1.48. The predicted molar refractivity (Wildman–Crippen MR) is 76.1 cm³/mol. The Hall–Kier alpha value is -1.81. The van der Waals surface area contributed by atoms with Gasteiger partial charge in [-0.1, -0.05) is 35.9 Å². The molecule has 0 amide bonds. The first-order valence-corrected chi connectivity index (χ1v) is 6.37. The molecule has 1 aromatic heterocycles. The molecule has 0 fully saturated rings. The number of aromatic amines is 1. The van der Waals surface area contributed by atoms with Crippen molar-refractivity contribution in [2.24, 2.45) is 0 Å². The van der Waals surface area contributed by atoms with Crippen LogP contribution in [0.25, 0.3) is 0 Å². The standard InChI is InChI=1S/C14H15ClN2O2/c1-8-6-4-5-7-11(8)10(3)17-13(18)9(2)12(15)16-14(17)19/h4-7,10H,1-3H3,(H,16,19). The van der Waals surface area contributed by atoms with Crippen molar-refractivity contribution in [2.45, 2.75) is 26.8 Å². The van der Waals surface area contributed by atoms with Gasteiger partial charge in [0.05, 0.1) is 6.04 Å². The second-order valence-corrected chi connectivity index (χ2v) is 4.95. The summed E-state index contributed by atoms with van der Waals surface area (Å²) in [6, 6.07) is 7.34. The third kappa shape index (κ3) is 2.36. The molecule has 0 saturated heterocycles. The monoisotopic (exact) mass is 278 g/mol. The lowest BCUT2D eigenvalue weighted by Gasteiger charge is -2.17. The van der Waals surface area contributed by atoms with Crippen LogP contribution in [0.2, 0.25) is 5.15 Å². The van der Waals surface area contributed by atoms with Gasteiger partial charge in [0, 0.05) is 5.56 Å². The van der Waals surface area contributed by atoms with E-state index in [2.05, 4.69) is 4.98 Å². The number of aromatic nitrogens is 2. The van der Waals surface area contributed by atoms with Crippen LogP contribution in [0.5, 0.6) is 0 Å². The van der Waals surface area contributed by atoms with Crippen molar-refractivity contribution in [3.05, 3.63) is 66.9 Å². The van der Waals surface area contributed by atoms with E-state index in [0.29, 0.717) is 5.56 Å². The van der Waals surface area contributed by atoms with Crippen molar-refractivity contribution in [1.29, 1.82) is 0 Å². The molecule has 19 heavy (non-hydrogen) atoms. The number of benzene rings is 1. The van der Waals surface area contributed by atoms with Crippen molar-refractivity contribution >= 4 is 11.6 Å². The van der Waals surface area contributed by atoms with Gasteiger partial charge in [0.1, 0.15) is 5.15 Å². The highest BCUT2D eigenvalue weighted by Crippen LogP contribution is 2.19. The third-order valence-electron chi connectivity index (χ3n) is 3.33. The molecule has 2 rings (SSSR count). The lowest BCUT2D eigenvalue weighted by molar-refractivity contribution is 0.572. The zero-order valence-electron chi connectivity index (χ0n) is 11.0. The van der Waals surface area contributed by atoms with E-state index in [4.69, 9.17) is 11.6 Å². The second-order valence-electron chi connectivity index (χ2n) is 4.58. The van der Waals surface area contributed by atoms with Gasteiger partial charge >= 0.3 is 5.69 Å². The summed E-state index contributed by atoms with van der Waals surface area (Å²) >= 11 is 5.80. The van der Waals surface area contributed by atoms with Gasteiger partial charge in [0.15, 0.2) is 0 Å². The maximum Gasteiger partial charge on any atom is 0.330 e. The highest BCUT2D eigenvalue weighted by atomic mass is 35.5. The topological polar surface area (TPSA) is 54.9 Å². The molecule has 5 heteroatoms. The van der Waals surface area contributed by atoms with Crippen molar-refractivity contribution in [3.63, 3.8) is 0 Å². The smallest absolute Gasteiger partial charge is 0.297 e. The quantitative estimate of drug-likeness (QED) is 0.858. The molecule has 1 aromatic carbocycles. The van der Waals surface area contributed by atoms with Gasteiger partial charge in [-0.3, -0.25) is 14.3 Å². The molecule has 2 aromatic rings. The minimum absolute atomic E-state index is 0.100. The maximum atomic E-state index is 12.2. The van der Waals surface area contributed by atoms with Gasteiger partial charge in [-0.15, -0.1) is 0 Å². The van der Waals surface area contributed by atoms with Crippen LogP contribution < -0.4 is 11.2 Å². The van der Waals surface area contributed by atoms with E-state index in [1.54, 1.807) is 6.92 Å². The van der Waals surface area contributed by atoms with E-state index in [1.165, 1.54) is 4.57 Å². The van der Waals surface area contributed by atoms with Gasteiger partial charge in [-0.25, -0.2) is 4.79 Å². The Morgan fingerprint density at radius 2 is 1.84 bits per heavy atom. The summed E-state index contributed by atoms with van der Waals surface area (Å²) in [4.78, 5) is 26.6. The van der Waals surface area contributed by atoms with Gasteiger partial charge in [-0.05, 0) is 31.9 Å². The van der Waals surface area contributed by atoms with Gasteiger partial charge < -0.3 is 0 Å². The average molecular weight is 279 g/mol. The zero-order chi connectivity index (χ0) is 14.2. The number of aryl methyl sites for hydroxylation is 1. The molecule has 0 aliphatic carbocycles. The molecule has 0 radical (unpaired) electrons. The zero-order valence-corrected chi connectivity index (χ0v) is 11.8. The Kier molecular flexibility index (Phi) is 3.62. The van der Waals surface area contributed by atoms with Crippen molar-refractivity contribution in [1.82, 2.24) is 9.55 Å². The Labute approximate surface area is 115 Å². The van der Waals surface area contributed by atoms with Crippen LogP contribution in [0, 0.1) is 13.8 Å². The number of nitrogens with one attached hydrogen (secondary N) is 1. The fraction of sp³-hybridized carbons (Fsp3) is 0.286. The normalized spacial score (nSPS) is 12.4. The first-order chi connectivity index (χ1) is 8.93. The molecule has 0 saturated carbocycles. The van der Waals surface area contributed by atoms with E-state index in [1.807, 2.05) is 38.1 Å². The molecule has 4 nitrogen and oxygen atoms in total. The molecule has 1 N–H and O–H groups in total. The minimum Gasteiger partial charge on any atom is -0.297 e. The molecular weight excluding hydrogens is 264 g/mol. The molecule has 1 heterocycles. The summed E-state index contributed by atoms with van der Waals surface area (Å²) in [6.45, 7) is 5.38. The molecule has 0 aliphatic rings. The lowest BCUT2D eigenvalue weighted by Crippen LogP contribution is -2.39. The molecule has 0 bridgehead atoms. The summed E-state index contributed by atoms with van der Waals surface area (Å²) < 4.78 is 1.20. The summed E-state index contributed by atoms with van der Waals surface area (Å²) in [6.07, 6.45) is 0.